The normalized spacial score (nSPS) is 28.6. The number of carboxylic acid groups (broad SMARTS) is 1. The number of unbranched alkanes of at least 4 members (excludes halogenated alkanes) is 1. The molecule has 0 saturated carbocycles. The lowest BCUT2D eigenvalue weighted by Gasteiger charge is -2.30. The molecule has 2 aliphatic heterocycles. The van der Waals surface area contributed by atoms with Gasteiger partial charge < -0.3 is 20.3 Å². The fourth-order valence-electron chi connectivity index (χ4n) is 4.60. The molecule has 2 fully saturated rings. The molecule has 1 aromatic carbocycles. The number of nitrogens with one attached hydrogen (secondary N) is 1. The molecule has 2 heterocycles. The van der Waals surface area contributed by atoms with Gasteiger partial charge >= 0.3 is 5.97 Å². The van der Waals surface area contributed by atoms with E-state index in [2.05, 4.69) is 17.5 Å². The molecular formula is C23H33NO4. The summed E-state index contributed by atoms with van der Waals surface area (Å²) in [6.45, 7) is 3.22. The second kappa shape index (κ2) is 9.68. The summed E-state index contributed by atoms with van der Waals surface area (Å²) in [5.41, 5.74) is 0.0340. The van der Waals surface area contributed by atoms with Crippen LogP contribution >= 0.6 is 0 Å². The number of hydrogen-bond acceptors (Lipinski definition) is 4. The molecule has 0 aliphatic carbocycles. The van der Waals surface area contributed by atoms with E-state index in [-0.39, 0.29) is 6.42 Å². The second-order valence-electron chi connectivity index (χ2n) is 8.38. The summed E-state index contributed by atoms with van der Waals surface area (Å²) in [6, 6.07) is 9.78. The Labute approximate surface area is 167 Å². The average molecular weight is 388 g/mol. The third-order valence-electron chi connectivity index (χ3n) is 6.17. The summed E-state index contributed by atoms with van der Waals surface area (Å²) in [7, 11) is 0. The highest BCUT2D eigenvalue weighted by molar-refractivity contribution is 5.66. The number of rotatable bonds is 11. The lowest BCUT2D eigenvalue weighted by atomic mass is 9.77. The molecule has 2 bridgehead atoms. The van der Waals surface area contributed by atoms with Crippen LogP contribution < -0.4 is 5.32 Å². The van der Waals surface area contributed by atoms with E-state index in [1.54, 1.807) is 0 Å². The van der Waals surface area contributed by atoms with Crippen LogP contribution in [0.25, 0.3) is 0 Å². The van der Waals surface area contributed by atoms with Crippen molar-refractivity contribution in [2.45, 2.75) is 63.3 Å². The van der Waals surface area contributed by atoms with E-state index in [1.165, 1.54) is 0 Å². The van der Waals surface area contributed by atoms with E-state index >= 15 is 0 Å². The van der Waals surface area contributed by atoms with Gasteiger partial charge in [0.1, 0.15) is 0 Å². The van der Waals surface area contributed by atoms with E-state index in [0.29, 0.717) is 37.0 Å². The minimum Gasteiger partial charge on any atom is -0.481 e. The minimum atomic E-state index is -0.890. The molecule has 28 heavy (non-hydrogen) atoms. The highest BCUT2D eigenvalue weighted by Gasteiger charge is 2.47. The zero-order chi connectivity index (χ0) is 20.0. The van der Waals surface area contributed by atoms with Crippen LogP contribution in [0.5, 0.6) is 0 Å². The fourth-order valence-corrected chi connectivity index (χ4v) is 4.60. The molecule has 0 aromatic heterocycles. The number of aliphatic hydroxyl groups is 1. The van der Waals surface area contributed by atoms with Crippen LogP contribution in [0, 0.1) is 11.8 Å². The van der Waals surface area contributed by atoms with Gasteiger partial charge in [0.25, 0.3) is 0 Å². The number of carbonyl (C=O) groups is 1. The molecule has 2 aliphatic rings. The summed E-state index contributed by atoms with van der Waals surface area (Å²) < 4.78 is 6.16. The largest absolute Gasteiger partial charge is 0.481 e. The topological polar surface area (TPSA) is 78.8 Å². The number of carboxylic acids is 1. The van der Waals surface area contributed by atoms with Crippen molar-refractivity contribution >= 4 is 5.97 Å². The first-order chi connectivity index (χ1) is 13.5. The van der Waals surface area contributed by atoms with Gasteiger partial charge in [-0.15, -0.1) is 0 Å². The summed E-state index contributed by atoms with van der Waals surface area (Å²) >= 11 is 0. The van der Waals surface area contributed by atoms with Crippen molar-refractivity contribution in [3.63, 3.8) is 0 Å². The summed E-state index contributed by atoms with van der Waals surface area (Å²) in [5, 5.41) is 23.0. The highest BCUT2D eigenvalue weighted by atomic mass is 16.5. The van der Waals surface area contributed by atoms with Crippen molar-refractivity contribution in [3.05, 3.63) is 48.0 Å². The van der Waals surface area contributed by atoms with Crippen LogP contribution in [0.1, 0.15) is 51.0 Å². The van der Waals surface area contributed by atoms with Gasteiger partial charge in [-0.2, -0.15) is 0 Å². The lowest BCUT2D eigenvalue weighted by molar-refractivity contribution is -0.137. The molecule has 0 amide bonds. The Morgan fingerprint density at radius 3 is 2.64 bits per heavy atom. The maximum Gasteiger partial charge on any atom is 0.303 e. The summed E-state index contributed by atoms with van der Waals surface area (Å²) in [5.74, 6) is 0.241. The van der Waals surface area contributed by atoms with E-state index in [1.807, 2.05) is 37.3 Å². The van der Waals surface area contributed by atoms with Gasteiger partial charge in [-0.25, -0.2) is 0 Å². The quantitative estimate of drug-likeness (QED) is 0.400. The molecule has 0 spiro atoms. The van der Waals surface area contributed by atoms with Crippen LogP contribution in [0.15, 0.2) is 42.5 Å². The maximum atomic E-state index is 10.8. The number of benzene rings is 1. The van der Waals surface area contributed by atoms with Crippen LogP contribution in [-0.2, 0) is 15.1 Å². The van der Waals surface area contributed by atoms with Crippen molar-refractivity contribution in [3.8, 4) is 0 Å². The third kappa shape index (κ3) is 5.43. The zero-order valence-corrected chi connectivity index (χ0v) is 16.7. The molecule has 1 unspecified atom stereocenters. The summed E-state index contributed by atoms with van der Waals surface area (Å²) in [6.07, 6.45) is 9.97. The first-order valence-electron chi connectivity index (χ1n) is 10.5. The molecule has 5 atom stereocenters. The zero-order valence-electron chi connectivity index (χ0n) is 16.7. The molecule has 2 saturated heterocycles. The van der Waals surface area contributed by atoms with Crippen molar-refractivity contribution in [2.24, 2.45) is 11.8 Å². The standard InChI is InChI=1S/C23H33NO4/c1-23(27,17-9-5-4-6-10-17)16-24-15-19-18(20-13-14-21(19)28-20)11-7-2-3-8-12-22(25)26/h2,4-7,9-10,18-21,24,27H,3,8,11-16H2,1H3,(H,25,26)/t18-,19-,20-,21+,23?/m1/s1. The Kier molecular flexibility index (Phi) is 7.27. The van der Waals surface area contributed by atoms with Crippen LogP contribution in [0.3, 0.4) is 0 Å². The van der Waals surface area contributed by atoms with Gasteiger partial charge in [-0.05, 0) is 50.5 Å². The second-order valence-corrected chi connectivity index (χ2v) is 8.38. The van der Waals surface area contributed by atoms with Crippen LogP contribution in [0.4, 0.5) is 0 Å². The van der Waals surface area contributed by atoms with Gasteiger partial charge in [0.15, 0.2) is 0 Å². The molecule has 5 nitrogen and oxygen atoms in total. The van der Waals surface area contributed by atoms with Crippen molar-refractivity contribution in [2.75, 3.05) is 13.1 Å². The number of aliphatic carboxylic acids is 1. The Bertz CT molecular complexity index is 658. The SMILES string of the molecule is CC(O)(CNC[C@@H]1[C@@H](CC=CCCCC(=O)O)[C@H]2CC[C@@H]1O2)c1ccccc1. The average Bonchev–Trinajstić information content (AvgIpc) is 3.27. The van der Waals surface area contributed by atoms with Crippen LogP contribution in [-0.4, -0.2) is 41.5 Å². The highest BCUT2D eigenvalue weighted by Crippen LogP contribution is 2.45. The van der Waals surface area contributed by atoms with Crippen LogP contribution in [0.2, 0.25) is 0 Å². The predicted octanol–water partition coefficient (Wildman–Crippen LogP) is 3.48. The first kappa shape index (κ1) is 21.0. The fraction of sp³-hybridized carbons (Fsp3) is 0.609. The molecule has 5 heteroatoms. The molecule has 3 N–H and O–H groups in total. The molecule has 0 radical (unpaired) electrons. The van der Waals surface area contributed by atoms with E-state index in [9.17, 15) is 9.90 Å². The number of allylic oxidation sites excluding steroid dienone is 2. The molecular weight excluding hydrogens is 354 g/mol. The van der Waals surface area contributed by atoms with E-state index in [0.717, 1.165) is 37.8 Å². The van der Waals surface area contributed by atoms with Crippen molar-refractivity contribution in [1.29, 1.82) is 0 Å². The van der Waals surface area contributed by atoms with Gasteiger partial charge in [-0.1, -0.05) is 42.5 Å². The molecule has 154 valence electrons. The Balaban J connectivity index is 1.46. The van der Waals surface area contributed by atoms with Gasteiger partial charge in [-0.3, -0.25) is 4.79 Å². The van der Waals surface area contributed by atoms with Crippen molar-refractivity contribution < 1.29 is 19.7 Å². The van der Waals surface area contributed by atoms with E-state index in [4.69, 9.17) is 9.84 Å². The Morgan fingerprint density at radius 1 is 1.21 bits per heavy atom. The van der Waals surface area contributed by atoms with Gasteiger partial charge in [0.2, 0.25) is 0 Å². The maximum absolute atomic E-state index is 10.8. The van der Waals surface area contributed by atoms with Gasteiger partial charge in [0, 0.05) is 25.4 Å². The van der Waals surface area contributed by atoms with Crippen molar-refractivity contribution in [1.82, 2.24) is 5.32 Å². The predicted molar refractivity (Wildman–Crippen MR) is 109 cm³/mol. The van der Waals surface area contributed by atoms with E-state index < -0.39 is 11.6 Å². The number of fused-ring (bicyclic) bond motifs is 2. The monoisotopic (exact) mass is 387 g/mol. The minimum absolute atomic E-state index is 0.232. The summed E-state index contributed by atoms with van der Waals surface area (Å²) in [4.78, 5) is 10.6. The molecule has 1 aromatic rings. The number of hydrogen-bond donors (Lipinski definition) is 3. The first-order valence-corrected chi connectivity index (χ1v) is 10.5. The third-order valence-corrected chi connectivity index (χ3v) is 6.17. The smallest absolute Gasteiger partial charge is 0.303 e. The molecule has 3 rings (SSSR count). The Hall–Kier alpha value is -1.69. The lowest BCUT2D eigenvalue weighted by Crippen LogP contribution is -2.41. The van der Waals surface area contributed by atoms with Gasteiger partial charge in [0.05, 0.1) is 17.8 Å². The Morgan fingerprint density at radius 2 is 1.93 bits per heavy atom. The number of ether oxygens (including phenoxy) is 1.